The molecule has 3 rings (SSSR count). The number of H-pyrrole nitrogens is 1. The van der Waals surface area contributed by atoms with Crippen LogP contribution >= 0.6 is 0 Å². The van der Waals surface area contributed by atoms with E-state index < -0.39 is 5.91 Å². The second-order valence-corrected chi connectivity index (χ2v) is 5.56. The molecule has 5 nitrogen and oxygen atoms in total. The van der Waals surface area contributed by atoms with E-state index in [1.165, 1.54) is 18.4 Å². The van der Waals surface area contributed by atoms with Crippen LogP contribution in [0, 0.1) is 0 Å². The molecule has 0 aliphatic heterocycles. The Balaban J connectivity index is 1.89. The third-order valence-electron chi connectivity index (χ3n) is 3.89. The van der Waals surface area contributed by atoms with Crippen molar-refractivity contribution >= 4 is 16.9 Å². The van der Waals surface area contributed by atoms with E-state index in [0.29, 0.717) is 5.56 Å². The summed E-state index contributed by atoms with van der Waals surface area (Å²) in [6.45, 7) is 2.19. The van der Waals surface area contributed by atoms with Gasteiger partial charge in [0.1, 0.15) is 5.82 Å². The van der Waals surface area contributed by atoms with Gasteiger partial charge in [0.15, 0.2) is 0 Å². The SMILES string of the molecule is CCCCc1ccc(-c2nc3ccc(C(=O)NO)cc3[nH]2)cc1. The molecule has 0 unspecified atom stereocenters. The number of nitrogens with zero attached hydrogens (tertiary/aromatic N) is 1. The molecule has 3 N–H and O–H groups in total. The molecule has 23 heavy (non-hydrogen) atoms. The summed E-state index contributed by atoms with van der Waals surface area (Å²) in [5.74, 6) is 0.229. The molecule has 0 saturated carbocycles. The van der Waals surface area contributed by atoms with Gasteiger partial charge in [-0.15, -0.1) is 0 Å². The molecule has 2 aromatic carbocycles. The highest BCUT2D eigenvalue weighted by atomic mass is 16.5. The third kappa shape index (κ3) is 3.24. The average molecular weight is 309 g/mol. The minimum absolute atomic E-state index is 0.380. The van der Waals surface area contributed by atoms with Gasteiger partial charge in [0.05, 0.1) is 11.0 Å². The van der Waals surface area contributed by atoms with Gasteiger partial charge in [0.2, 0.25) is 0 Å². The lowest BCUT2D eigenvalue weighted by Crippen LogP contribution is -2.18. The quantitative estimate of drug-likeness (QED) is 0.497. The number of aryl methyl sites for hydroxylation is 1. The molecule has 1 aromatic heterocycles. The number of hydroxylamine groups is 1. The van der Waals surface area contributed by atoms with Crippen molar-refractivity contribution in [3.63, 3.8) is 0 Å². The molecule has 118 valence electrons. The van der Waals surface area contributed by atoms with Crippen LogP contribution in [0.4, 0.5) is 0 Å². The van der Waals surface area contributed by atoms with E-state index in [-0.39, 0.29) is 0 Å². The number of aromatic nitrogens is 2. The maximum atomic E-state index is 11.5. The minimum Gasteiger partial charge on any atom is -0.338 e. The molecule has 0 fully saturated rings. The Morgan fingerprint density at radius 1 is 1.22 bits per heavy atom. The van der Waals surface area contributed by atoms with E-state index >= 15 is 0 Å². The lowest BCUT2D eigenvalue weighted by atomic mass is 10.1. The second kappa shape index (κ2) is 6.62. The summed E-state index contributed by atoms with van der Waals surface area (Å²) in [5.41, 5.74) is 5.89. The standard InChI is InChI=1S/C18H19N3O2/c1-2-3-4-12-5-7-13(8-6-12)17-19-15-10-9-14(18(22)21-23)11-16(15)20-17/h5-11,23H,2-4H2,1H3,(H,19,20)(H,21,22). The maximum absolute atomic E-state index is 11.5. The monoisotopic (exact) mass is 309 g/mol. The smallest absolute Gasteiger partial charge is 0.274 e. The average Bonchev–Trinajstić information content (AvgIpc) is 3.02. The maximum Gasteiger partial charge on any atom is 0.274 e. The summed E-state index contributed by atoms with van der Waals surface area (Å²) in [4.78, 5) is 19.2. The molecule has 0 spiro atoms. The van der Waals surface area contributed by atoms with Crippen molar-refractivity contribution in [2.24, 2.45) is 0 Å². The predicted octanol–water partition coefficient (Wildman–Crippen LogP) is 3.69. The first kappa shape index (κ1) is 15.2. The van der Waals surface area contributed by atoms with Crippen molar-refractivity contribution in [2.45, 2.75) is 26.2 Å². The zero-order valence-electron chi connectivity index (χ0n) is 13.0. The minimum atomic E-state index is -0.539. The summed E-state index contributed by atoms with van der Waals surface area (Å²) in [5, 5.41) is 8.71. The molecule has 0 aliphatic carbocycles. The molecule has 3 aromatic rings. The number of hydrogen-bond acceptors (Lipinski definition) is 3. The van der Waals surface area contributed by atoms with E-state index in [0.717, 1.165) is 28.8 Å². The third-order valence-corrected chi connectivity index (χ3v) is 3.89. The number of hydrogen-bond donors (Lipinski definition) is 3. The Morgan fingerprint density at radius 2 is 2.00 bits per heavy atom. The van der Waals surface area contributed by atoms with Crippen molar-refractivity contribution in [2.75, 3.05) is 0 Å². The molecule has 1 amide bonds. The highest BCUT2D eigenvalue weighted by Crippen LogP contribution is 2.22. The first-order valence-corrected chi connectivity index (χ1v) is 7.75. The number of unbranched alkanes of at least 4 members (excludes halogenated alkanes) is 1. The normalized spacial score (nSPS) is 10.9. The van der Waals surface area contributed by atoms with Gasteiger partial charge in [-0.05, 0) is 36.6 Å². The highest BCUT2D eigenvalue weighted by Gasteiger charge is 2.09. The Morgan fingerprint density at radius 3 is 2.70 bits per heavy atom. The lowest BCUT2D eigenvalue weighted by molar-refractivity contribution is 0.0706. The molecular formula is C18H19N3O2. The summed E-state index contributed by atoms with van der Waals surface area (Å²) in [6.07, 6.45) is 3.48. The summed E-state index contributed by atoms with van der Waals surface area (Å²) in [7, 11) is 0. The molecular weight excluding hydrogens is 290 g/mol. The molecule has 1 heterocycles. The van der Waals surface area contributed by atoms with Crippen LogP contribution in [-0.4, -0.2) is 21.1 Å². The zero-order chi connectivity index (χ0) is 16.2. The first-order chi connectivity index (χ1) is 11.2. The van der Waals surface area contributed by atoms with Crippen LogP contribution in [0.3, 0.4) is 0 Å². The zero-order valence-corrected chi connectivity index (χ0v) is 13.0. The molecule has 0 atom stereocenters. The van der Waals surface area contributed by atoms with E-state index in [4.69, 9.17) is 5.21 Å². The Kier molecular flexibility index (Phi) is 4.39. The van der Waals surface area contributed by atoms with Crippen molar-refractivity contribution in [3.05, 3.63) is 53.6 Å². The molecule has 5 heteroatoms. The summed E-state index contributed by atoms with van der Waals surface area (Å²) < 4.78 is 0. The highest BCUT2D eigenvalue weighted by molar-refractivity contribution is 5.97. The summed E-state index contributed by atoms with van der Waals surface area (Å²) in [6, 6.07) is 13.4. The molecule has 0 radical (unpaired) electrons. The lowest BCUT2D eigenvalue weighted by Gasteiger charge is -2.01. The van der Waals surface area contributed by atoms with Gasteiger partial charge in [-0.1, -0.05) is 37.6 Å². The van der Waals surface area contributed by atoms with Crippen LogP contribution in [-0.2, 0) is 6.42 Å². The van der Waals surface area contributed by atoms with Gasteiger partial charge in [-0.25, -0.2) is 10.5 Å². The van der Waals surface area contributed by atoms with Crippen LogP contribution in [0.5, 0.6) is 0 Å². The van der Waals surface area contributed by atoms with Crippen molar-refractivity contribution in [1.29, 1.82) is 0 Å². The van der Waals surface area contributed by atoms with Crippen LogP contribution < -0.4 is 5.48 Å². The van der Waals surface area contributed by atoms with Crippen molar-refractivity contribution < 1.29 is 10.0 Å². The Bertz CT molecular complexity index is 822. The number of aromatic amines is 1. The van der Waals surface area contributed by atoms with Gasteiger partial charge in [-0.3, -0.25) is 10.0 Å². The van der Waals surface area contributed by atoms with Crippen LogP contribution in [0.2, 0.25) is 0 Å². The first-order valence-electron chi connectivity index (χ1n) is 7.75. The number of fused-ring (bicyclic) bond motifs is 1. The van der Waals surface area contributed by atoms with E-state index in [1.807, 2.05) is 0 Å². The molecule has 0 aliphatic rings. The van der Waals surface area contributed by atoms with Crippen LogP contribution in [0.15, 0.2) is 42.5 Å². The number of imidazole rings is 1. The predicted molar refractivity (Wildman–Crippen MR) is 89.4 cm³/mol. The van der Waals surface area contributed by atoms with Gasteiger partial charge < -0.3 is 4.98 Å². The number of rotatable bonds is 5. The van der Waals surface area contributed by atoms with Crippen LogP contribution in [0.1, 0.15) is 35.7 Å². The fourth-order valence-corrected chi connectivity index (χ4v) is 2.56. The molecule has 0 bridgehead atoms. The van der Waals surface area contributed by atoms with Gasteiger partial charge in [0.25, 0.3) is 5.91 Å². The summed E-state index contributed by atoms with van der Waals surface area (Å²) >= 11 is 0. The fraction of sp³-hybridized carbons (Fsp3) is 0.222. The topological polar surface area (TPSA) is 78.0 Å². The van der Waals surface area contributed by atoms with E-state index in [9.17, 15) is 4.79 Å². The van der Waals surface area contributed by atoms with E-state index in [1.54, 1.807) is 23.7 Å². The van der Waals surface area contributed by atoms with Gasteiger partial charge in [0, 0.05) is 11.1 Å². The van der Waals surface area contributed by atoms with Crippen molar-refractivity contribution in [3.8, 4) is 11.4 Å². The number of amides is 1. The number of carbonyl (C=O) groups excluding carboxylic acids is 1. The Labute approximate surface area is 134 Å². The number of benzene rings is 2. The number of nitrogens with one attached hydrogen (secondary N) is 2. The van der Waals surface area contributed by atoms with Crippen molar-refractivity contribution in [1.82, 2.24) is 15.4 Å². The Hall–Kier alpha value is -2.66. The number of carbonyl (C=O) groups is 1. The second-order valence-electron chi connectivity index (χ2n) is 5.56. The van der Waals surface area contributed by atoms with Crippen LogP contribution in [0.25, 0.3) is 22.4 Å². The van der Waals surface area contributed by atoms with Gasteiger partial charge in [-0.2, -0.15) is 0 Å². The molecule has 0 saturated heterocycles. The largest absolute Gasteiger partial charge is 0.338 e. The van der Waals surface area contributed by atoms with Gasteiger partial charge >= 0.3 is 0 Å². The van der Waals surface area contributed by atoms with E-state index in [2.05, 4.69) is 41.2 Å². The fourth-order valence-electron chi connectivity index (χ4n) is 2.56.